The molecule has 0 unspecified atom stereocenters. The normalized spacial score (nSPS) is 17.9. The number of hydrogen-bond donors (Lipinski definition) is 1. The van der Waals surface area contributed by atoms with E-state index in [1.807, 2.05) is 6.07 Å². The average Bonchev–Trinajstić information content (AvgIpc) is 2.46. The van der Waals surface area contributed by atoms with E-state index in [9.17, 15) is 10.1 Å². The first kappa shape index (κ1) is 15.2. The van der Waals surface area contributed by atoms with E-state index in [0.717, 1.165) is 44.6 Å². The number of nitrogens with zero attached hydrogens (tertiary/aromatic N) is 2. The molecule has 1 atom stereocenters. The smallest absolute Gasteiger partial charge is 0.288 e. The highest BCUT2D eigenvalue weighted by Gasteiger charge is 2.24. The number of benzene rings is 1. The first-order valence-electron chi connectivity index (χ1n) is 7.02. The van der Waals surface area contributed by atoms with E-state index in [-0.39, 0.29) is 16.8 Å². The Kier molecular flexibility index (Phi) is 5.34. The minimum atomic E-state index is -0.410. The Hall–Kier alpha value is -1.17. The summed E-state index contributed by atoms with van der Waals surface area (Å²) in [6, 6.07) is 5.42. The van der Waals surface area contributed by atoms with Crippen molar-refractivity contribution in [3.63, 3.8) is 0 Å². The molecule has 0 spiro atoms. The van der Waals surface area contributed by atoms with E-state index in [1.165, 1.54) is 0 Å². The molecule has 0 radical (unpaired) electrons. The van der Waals surface area contributed by atoms with E-state index in [1.54, 1.807) is 12.1 Å². The quantitative estimate of drug-likeness (QED) is 0.670. The minimum absolute atomic E-state index is 0.000374. The van der Waals surface area contributed by atoms with E-state index in [0.29, 0.717) is 0 Å². The fraction of sp³-hybridized carbons (Fsp3) is 0.571. The van der Waals surface area contributed by atoms with E-state index in [4.69, 9.17) is 11.6 Å². The maximum Gasteiger partial charge on any atom is 0.288 e. The molecule has 110 valence electrons. The Labute approximate surface area is 124 Å². The SMILES string of the molecule is CCC[C@@H](c1ccc(Cl)c([N+](=O)[O-])c1)N1CCNCC1. The van der Waals surface area contributed by atoms with Crippen LogP contribution in [0.1, 0.15) is 31.4 Å². The van der Waals surface area contributed by atoms with Gasteiger partial charge in [-0.1, -0.05) is 31.0 Å². The molecule has 1 aromatic rings. The van der Waals surface area contributed by atoms with Crippen molar-refractivity contribution in [1.29, 1.82) is 0 Å². The summed E-state index contributed by atoms with van der Waals surface area (Å²) in [4.78, 5) is 13.0. The number of hydrogen-bond acceptors (Lipinski definition) is 4. The van der Waals surface area contributed by atoms with Gasteiger partial charge in [0, 0.05) is 38.3 Å². The summed E-state index contributed by atoms with van der Waals surface area (Å²) in [6.45, 7) is 6.02. The van der Waals surface area contributed by atoms with Crippen LogP contribution >= 0.6 is 11.6 Å². The molecule has 1 heterocycles. The third-order valence-electron chi connectivity index (χ3n) is 3.71. The number of nitro groups is 1. The summed E-state index contributed by atoms with van der Waals surface area (Å²) in [7, 11) is 0. The fourth-order valence-corrected chi connectivity index (χ4v) is 2.89. The van der Waals surface area contributed by atoms with Crippen molar-refractivity contribution >= 4 is 17.3 Å². The predicted octanol–water partition coefficient (Wildman–Crippen LogP) is 2.99. The van der Waals surface area contributed by atoms with Crippen LogP contribution < -0.4 is 5.32 Å². The molecule has 1 fully saturated rings. The largest absolute Gasteiger partial charge is 0.314 e. The molecular formula is C14H20ClN3O2. The number of piperazine rings is 1. The Balaban J connectivity index is 2.28. The summed E-state index contributed by atoms with van der Waals surface area (Å²) >= 11 is 5.89. The van der Waals surface area contributed by atoms with Crippen LogP contribution in [0.25, 0.3) is 0 Å². The lowest BCUT2D eigenvalue weighted by molar-refractivity contribution is -0.384. The number of rotatable bonds is 5. The lowest BCUT2D eigenvalue weighted by atomic mass is 9.99. The van der Waals surface area contributed by atoms with E-state index in [2.05, 4.69) is 17.1 Å². The number of nitrogens with one attached hydrogen (secondary N) is 1. The van der Waals surface area contributed by atoms with Crippen LogP contribution in [-0.2, 0) is 0 Å². The molecule has 1 aliphatic heterocycles. The van der Waals surface area contributed by atoms with Crippen molar-refractivity contribution < 1.29 is 4.92 Å². The van der Waals surface area contributed by atoms with Crippen LogP contribution in [0.4, 0.5) is 5.69 Å². The second kappa shape index (κ2) is 7.02. The van der Waals surface area contributed by atoms with Gasteiger partial charge in [-0.3, -0.25) is 15.0 Å². The highest BCUT2D eigenvalue weighted by Crippen LogP contribution is 2.32. The Bertz CT molecular complexity index is 475. The Morgan fingerprint density at radius 1 is 1.45 bits per heavy atom. The molecule has 0 bridgehead atoms. The molecule has 5 nitrogen and oxygen atoms in total. The monoisotopic (exact) mass is 297 g/mol. The van der Waals surface area contributed by atoms with Gasteiger partial charge in [0.25, 0.3) is 5.69 Å². The van der Waals surface area contributed by atoms with Crippen molar-refractivity contribution in [3.05, 3.63) is 38.9 Å². The van der Waals surface area contributed by atoms with Crippen molar-refractivity contribution in [2.45, 2.75) is 25.8 Å². The average molecular weight is 298 g/mol. The van der Waals surface area contributed by atoms with Gasteiger partial charge in [0.05, 0.1) is 4.92 Å². The first-order valence-corrected chi connectivity index (χ1v) is 7.40. The molecular weight excluding hydrogens is 278 g/mol. The molecule has 1 aliphatic rings. The van der Waals surface area contributed by atoms with Gasteiger partial charge in [0.2, 0.25) is 0 Å². The van der Waals surface area contributed by atoms with Gasteiger partial charge in [-0.25, -0.2) is 0 Å². The van der Waals surface area contributed by atoms with Gasteiger partial charge in [-0.15, -0.1) is 0 Å². The molecule has 0 saturated carbocycles. The van der Waals surface area contributed by atoms with Crippen LogP contribution in [0, 0.1) is 10.1 Å². The third kappa shape index (κ3) is 3.48. The second-order valence-electron chi connectivity index (χ2n) is 5.06. The van der Waals surface area contributed by atoms with Crippen LogP contribution in [0.5, 0.6) is 0 Å². The summed E-state index contributed by atoms with van der Waals surface area (Å²) < 4.78 is 0. The summed E-state index contributed by atoms with van der Waals surface area (Å²) in [5.41, 5.74) is 0.991. The van der Waals surface area contributed by atoms with Gasteiger partial charge in [0.15, 0.2) is 0 Å². The zero-order valence-electron chi connectivity index (χ0n) is 11.6. The van der Waals surface area contributed by atoms with E-state index < -0.39 is 4.92 Å². The van der Waals surface area contributed by atoms with Crippen molar-refractivity contribution in [2.75, 3.05) is 26.2 Å². The standard InChI is InChI=1S/C14H20ClN3O2/c1-2-3-13(17-8-6-16-7-9-17)11-4-5-12(15)14(10-11)18(19)20/h4-5,10,13,16H,2-3,6-9H2,1H3/t13-/m0/s1. The fourth-order valence-electron chi connectivity index (χ4n) is 2.70. The topological polar surface area (TPSA) is 58.4 Å². The molecule has 0 aromatic heterocycles. The van der Waals surface area contributed by atoms with Gasteiger partial charge >= 0.3 is 0 Å². The highest BCUT2D eigenvalue weighted by molar-refractivity contribution is 6.32. The van der Waals surface area contributed by atoms with Gasteiger partial charge in [-0.05, 0) is 18.1 Å². The minimum Gasteiger partial charge on any atom is -0.314 e. The van der Waals surface area contributed by atoms with Crippen molar-refractivity contribution in [1.82, 2.24) is 10.2 Å². The van der Waals surface area contributed by atoms with Gasteiger partial charge in [0.1, 0.15) is 5.02 Å². The first-order chi connectivity index (χ1) is 9.63. The molecule has 6 heteroatoms. The highest BCUT2D eigenvalue weighted by atomic mass is 35.5. The van der Waals surface area contributed by atoms with Crippen molar-refractivity contribution in [3.8, 4) is 0 Å². The lowest BCUT2D eigenvalue weighted by Crippen LogP contribution is -2.45. The third-order valence-corrected chi connectivity index (χ3v) is 4.03. The summed E-state index contributed by atoms with van der Waals surface area (Å²) in [5, 5.41) is 14.6. The van der Waals surface area contributed by atoms with Crippen molar-refractivity contribution in [2.24, 2.45) is 0 Å². The van der Waals surface area contributed by atoms with Crippen LogP contribution in [-0.4, -0.2) is 36.0 Å². The summed E-state index contributed by atoms with van der Waals surface area (Å²) in [5.74, 6) is 0. The van der Waals surface area contributed by atoms with Crippen LogP contribution in [0.3, 0.4) is 0 Å². The molecule has 2 rings (SSSR count). The van der Waals surface area contributed by atoms with Crippen LogP contribution in [0.2, 0.25) is 5.02 Å². The molecule has 1 aromatic carbocycles. The predicted molar refractivity (Wildman–Crippen MR) is 80.2 cm³/mol. The van der Waals surface area contributed by atoms with Crippen LogP contribution in [0.15, 0.2) is 18.2 Å². The number of halogens is 1. The lowest BCUT2D eigenvalue weighted by Gasteiger charge is -2.35. The number of nitro benzene ring substituents is 1. The zero-order chi connectivity index (χ0) is 14.5. The maximum atomic E-state index is 11.0. The van der Waals surface area contributed by atoms with E-state index >= 15 is 0 Å². The molecule has 1 saturated heterocycles. The molecule has 0 amide bonds. The maximum absolute atomic E-state index is 11.0. The Morgan fingerprint density at radius 3 is 2.75 bits per heavy atom. The zero-order valence-corrected chi connectivity index (χ0v) is 12.4. The molecule has 20 heavy (non-hydrogen) atoms. The summed E-state index contributed by atoms with van der Waals surface area (Å²) in [6.07, 6.45) is 2.05. The van der Waals surface area contributed by atoms with Gasteiger partial charge < -0.3 is 5.32 Å². The Morgan fingerprint density at radius 2 is 2.15 bits per heavy atom. The second-order valence-corrected chi connectivity index (χ2v) is 5.47. The molecule has 1 N–H and O–H groups in total. The van der Waals surface area contributed by atoms with Gasteiger partial charge in [-0.2, -0.15) is 0 Å². The molecule has 0 aliphatic carbocycles.